The molecular weight excluding hydrogens is 556 g/mol. The van der Waals surface area contributed by atoms with Crippen LogP contribution in [0.25, 0.3) is 11.2 Å². The number of likely N-dealkylation sites (tertiary alicyclic amines) is 1. The van der Waals surface area contributed by atoms with Gasteiger partial charge in [-0.05, 0) is 69.5 Å². The SMILES string of the molecule is CCN(CC)C(=O)C1CCCN(c2nc(Nc3ccc(Oc4ccccc4)cc3)c3ncn(CCN4CCCC4=O)c3n2)C1. The maximum atomic E-state index is 13.2. The lowest BCUT2D eigenvalue weighted by Gasteiger charge is -2.34. The molecule has 4 aromatic rings. The van der Waals surface area contributed by atoms with Crippen LogP contribution in [0.3, 0.4) is 0 Å². The van der Waals surface area contributed by atoms with E-state index in [2.05, 4.69) is 10.2 Å². The Balaban J connectivity index is 1.28. The van der Waals surface area contributed by atoms with Crippen LogP contribution in [0.1, 0.15) is 39.5 Å². The summed E-state index contributed by atoms with van der Waals surface area (Å²) in [6.45, 7) is 8.79. The largest absolute Gasteiger partial charge is 0.457 e. The van der Waals surface area contributed by atoms with Crippen LogP contribution >= 0.6 is 0 Å². The third-order valence-electron chi connectivity index (χ3n) is 8.46. The molecule has 11 nitrogen and oxygen atoms in total. The highest BCUT2D eigenvalue weighted by Crippen LogP contribution is 2.30. The number of ether oxygens (including phenoxy) is 1. The van der Waals surface area contributed by atoms with E-state index in [9.17, 15) is 9.59 Å². The van der Waals surface area contributed by atoms with Gasteiger partial charge in [0.2, 0.25) is 17.8 Å². The number of carbonyl (C=O) groups is 2. The highest BCUT2D eigenvalue weighted by molar-refractivity contribution is 5.87. The number of nitrogens with zero attached hydrogens (tertiary/aromatic N) is 7. The van der Waals surface area contributed by atoms with Gasteiger partial charge in [-0.1, -0.05) is 18.2 Å². The molecule has 0 aliphatic carbocycles. The Morgan fingerprint density at radius 1 is 0.977 bits per heavy atom. The number of aromatic nitrogens is 4. The minimum atomic E-state index is -0.0948. The van der Waals surface area contributed by atoms with E-state index in [-0.39, 0.29) is 17.7 Å². The van der Waals surface area contributed by atoms with Crippen LogP contribution in [-0.2, 0) is 16.1 Å². The van der Waals surface area contributed by atoms with Crippen molar-refractivity contribution >= 4 is 40.4 Å². The number of amides is 2. The highest BCUT2D eigenvalue weighted by atomic mass is 16.5. The predicted molar refractivity (Wildman–Crippen MR) is 170 cm³/mol. The number of hydrogen-bond donors (Lipinski definition) is 1. The van der Waals surface area contributed by atoms with Gasteiger partial charge in [-0.3, -0.25) is 9.59 Å². The normalized spacial score (nSPS) is 16.9. The van der Waals surface area contributed by atoms with Gasteiger partial charge >= 0.3 is 0 Å². The van der Waals surface area contributed by atoms with E-state index in [0.717, 1.165) is 49.5 Å². The Morgan fingerprint density at radius 3 is 2.48 bits per heavy atom. The Kier molecular flexibility index (Phi) is 8.90. The van der Waals surface area contributed by atoms with Crippen LogP contribution in [0.5, 0.6) is 11.5 Å². The van der Waals surface area contributed by atoms with Crippen LogP contribution in [0.2, 0.25) is 0 Å². The summed E-state index contributed by atoms with van der Waals surface area (Å²) in [5.74, 6) is 2.96. The van der Waals surface area contributed by atoms with E-state index < -0.39 is 0 Å². The molecule has 1 unspecified atom stereocenters. The molecule has 2 aliphatic rings. The quantitative estimate of drug-likeness (QED) is 0.256. The average Bonchev–Trinajstić information content (AvgIpc) is 3.67. The molecule has 230 valence electrons. The fourth-order valence-corrected chi connectivity index (χ4v) is 6.02. The summed E-state index contributed by atoms with van der Waals surface area (Å²) in [6, 6.07) is 17.4. The minimum absolute atomic E-state index is 0.0948. The number of carbonyl (C=O) groups excluding carboxylic acids is 2. The molecule has 0 spiro atoms. The molecule has 0 saturated carbocycles. The summed E-state index contributed by atoms with van der Waals surface area (Å²) in [5.41, 5.74) is 2.19. The van der Waals surface area contributed by atoms with Gasteiger partial charge in [-0.25, -0.2) is 4.98 Å². The van der Waals surface area contributed by atoms with Crippen LogP contribution in [0.15, 0.2) is 60.9 Å². The summed E-state index contributed by atoms with van der Waals surface area (Å²) in [4.78, 5) is 46.1. The lowest BCUT2D eigenvalue weighted by atomic mass is 9.96. The number of benzene rings is 2. The average molecular weight is 597 g/mol. The molecule has 2 fully saturated rings. The number of rotatable bonds is 11. The van der Waals surface area contributed by atoms with Crippen LogP contribution in [-0.4, -0.2) is 80.4 Å². The number of imidazole rings is 1. The number of nitrogens with one attached hydrogen (secondary N) is 1. The van der Waals surface area contributed by atoms with Gasteiger partial charge < -0.3 is 29.3 Å². The zero-order valence-corrected chi connectivity index (χ0v) is 25.5. The van der Waals surface area contributed by atoms with Crippen LogP contribution in [0, 0.1) is 5.92 Å². The molecule has 11 heteroatoms. The first kappa shape index (κ1) is 29.4. The number of hydrogen-bond acceptors (Lipinski definition) is 8. The van der Waals surface area contributed by atoms with Gasteiger partial charge in [0.05, 0.1) is 12.2 Å². The van der Waals surface area contributed by atoms with Crippen molar-refractivity contribution < 1.29 is 14.3 Å². The standard InChI is InChI=1S/C33H40N8O3/c1-3-38(4-2)32(43)24-10-8-19-40(22-24)33-36-30(35-25-14-16-27(17-15-25)44-26-11-6-5-7-12-26)29-31(37-33)41(23-34-29)21-20-39-18-9-13-28(39)42/h5-7,11-12,14-17,23-24H,3-4,8-10,13,18-22H2,1-2H3,(H,35,36,37). The fraction of sp³-hybridized carbons (Fsp3) is 0.424. The van der Waals surface area contributed by atoms with Crippen LogP contribution < -0.4 is 15.0 Å². The first-order valence-corrected chi connectivity index (χ1v) is 15.7. The summed E-state index contributed by atoms with van der Waals surface area (Å²) >= 11 is 0. The van der Waals surface area contributed by atoms with Gasteiger partial charge in [-0.2, -0.15) is 9.97 Å². The monoisotopic (exact) mass is 596 g/mol. The number of piperidine rings is 1. The summed E-state index contributed by atoms with van der Waals surface area (Å²) in [7, 11) is 0. The van der Waals surface area contributed by atoms with Crippen molar-refractivity contribution in [1.29, 1.82) is 0 Å². The van der Waals surface area contributed by atoms with Crippen molar-refractivity contribution in [3.05, 3.63) is 60.9 Å². The minimum Gasteiger partial charge on any atom is -0.457 e. The lowest BCUT2D eigenvalue weighted by molar-refractivity contribution is -0.135. The van der Waals surface area contributed by atoms with Crippen molar-refractivity contribution in [2.75, 3.05) is 49.5 Å². The van der Waals surface area contributed by atoms with Gasteiger partial charge in [0.1, 0.15) is 11.5 Å². The summed E-state index contributed by atoms with van der Waals surface area (Å²) in [6.07, 6.45) is 5.04. The molecule has 4 heterocycles. The molecule has 0 radical (unpaired) electrons. The molecule has 44 heavy (non-hydrogen) atoms. The van der Waals surface area contributed by atoms with Crippen molar-refractivity contribution in [2.24, 2.45) is 5.92 Å². The zero-order valence-electron chi connectivity index (χ0n) is 25.5. The van der Waals surface area contributed by atoms with Gasteiger partial charge in [-0.15, -0.1) is 0 Å². The Hall–Kier alpha value is -4.67. The maximum absolute atomic E-state index is 13.2. The molecule has 1 N–H and O–H groups in total. The first-order valence-electron chi connectivity index (χ1n) is 15.7. The fourth-order valence-electron chi connectivity index (χ4n) is 6.02. The molecular formula is C33H40N8O3. The second-order valence-electron chi connectivity index (χ2n) is 11.3. The number of anilines is 3. The molecule has 2 aromatic heterocycles. The molecule has 0 bridgehead atoms. The van der Waals surface area contributed by atoms with E-state index in [1.54, 1.807) is 6.33 Å². The molecule has 2 aromatic carbocycles. The molecule has 2 aliphatic heterocycles. The Morgan fingerprint density at radius 2 is 1.75 bits per heavy atom. The van der Waals surface area contributed by atoms with Crippen molar-refractivity contribution in [3.63, 3.8) is 0 Å². The third kappa shape index (κ3) is 6.46. The van der Waals surface area contributed by atoms with Gasteiger partial charge in [0.15, 0.2) is 17.0 Å². The maximum Gasteiger partial charge on any atom is 0.229 e. The van der Waals surface area contributed by atoms with Crippen molar-refractivity contribution in [2.45, 2.75) is 46.1 Å². The van der Waals surface area contributed by atoms with Gasteiger partial charge in [0, 0.05) is 57.9 Å². The first-order chi connectivity index (χ1) is 21.5. The smallest absolute Gasteiger partial charge is 0.229 e. The molecule has 2 saturated heterocycles. The summed E-state index contributed by atoms with van der Waals surface area (Å²) in [5, 5.41) is 3.46. The van der Waals surface area contributed by atoms with Gasteiger partial charge in [0.25, 0.3) is 0 Å². The van der Waals surface area contributed by atoms with E-state index in [4.69, 9.17) is 19.7 Å². The van der Waals surface area contributed by atoms with E-state index >= 15 is 0 Å². The second kappa shape index (κ2) is 13.3. The third-order valence-corrected chi connectivity index (χ3v) is 8.46. The molecule has 1 atom stereocenters. The molecule has 2 amide bonds. The van der Waals surface area contributed by atoms with E-state index in [1.165, 1.54) is 0 Å². The Labute approximate surface area is 257 Å². The second-order valence-corrected chi connectivity index (χ2v) is 11.3. The van der Waals surface area contributed by atoms with Crippen LogP contribution in [0.4, 0.5) is 17.5 Å². The van der Waals surface area contributed by atoms with E-state index in [0.29, 0.717) is 62.1 Å². The predicted octanol–water partition coefficient (Wildman–Crippen LogP) is 5.07. The molecule has 6 rings (SSSR count). The van der Waals surface area contributed by atoms with E-state index in [1.807, 2.05) is 82.8 Å². The highest BCUT2D eigenvalue weighted by Gasteiger charge is 2.30. The topological polar surface area (TPSA) is 109 Å². The Bertz CT molecular complexity index is 1590. The summed E-state index contributed by atoms with van der Waals surface area (Å²) < 4.78 is 7.96. The lowest BCUT2D eigenvalue weighted by Crippen LogP contribution is -2.45. The number of para-hydroxylation sites is 1. The van der Waals surface area contributed by atoms with Crippen molar-refractivity contribution in [1.82, 2.24) is 29.3 Å². The zero-order chi connectivity index (χ0) is 30.5. The number of fused-ring (bicyclic) bond motifs is 1. The van der Waals surface area contributed by atoms with Crippen molar-refractivity contribution in [3.8, 4) is 11.5 Å².